The van der Waals surface area contributed by atoms with Gasteiger partial charge in [0, 0.05) is 16.7 Å². The molecule has 1 aliphatic rings. The first kappa shape index (κ1) is 18.1. The molecule has 136 valence electrons. The Morgan fingerprint density at radius 1 is 1.23 bits per heavy atom. The third-order valence-corrected chi connectivity index (χ3v) is 3.97. The van der Waals surface area contributed by atoms with Crippen LogP contribution in [0.15, 0.2) is 42.0 Å². The van der Waals surface area contributed by atoms with Crippen molar-refractivity contribution in [1.82, 2.24) is 0 Å². The molecule has 1 aliphatic heterocycles. The zero-order valence-electron chi connectivity index (χ0n) is 13.3. The molecule has 3 rings (SSSR count). The van der Waals surface area contributed by atoms with E-state index in [9.17, 15) is 18.0 Å². The van der Waals surface area contributed by atoms with Crippen molar-refractivity contribution in [1.29, 1.82) is 0 Å². The second-order valence-corrected chi connectivity index (χ2v) is 6.09. The summed E-state index contributed by atoms with van der Waals surface area (Å²) in [6.45, 7) is 1.78. The van der Waals surface area contributed by atoms with E-state index in [4.69, 9.17) is 26.2 Å². The van der Waals surface area contributed by atoms with E-state index in [0.717, 1.165) is 11.6 Å². The minimum Gasteiger partial charge on any atom is -0.478 e. The van der Waals surface area contributed by atoms with Crippen molar-refractivity contribution in [3.63, 3.8) is 0 Å². The van der Waals surface area contributed by atoms with Gasteiger partial charge >= 0.3 is 12.1 Å². The maximum atomic E-state index is 13.1. The smallest absolute Gasteiger partial charge is 0.430 e. The highest BCUT2D eigenvalue weighted by Gasteiger charge is 2.48. The van der Waals surface area contributed by atoms with Crippen molar-refractivity contribution in [3.05, 3.63) is 58.1 Å². The molecule has 0 radical (unpaired) electrons. The van der Waals surface area contributed by atoms with Gasteiger partial charge in [0.15, 0.2) is 0 Å². The van der Waals surface area contributed by atoms with E-state index in [2.05, 4.69) is 0 Å². The average Bonchev–Trinajstić information content (AvgIpc) is 2.55. The van der Waals surface area contributed by atoms with E-state index in [1.54, 1.807) is 25.1 Å². The van der Waals surface area contributed by atoms with Crippen LogP contribution in [0.5, 0.6) is 17.2 Å². The van der Waals surface area contributed by atoms with Crippen LogP contribution in [0.1, 0.15) is 11.1 Å². The van der Waals surface area contributed by atoms with Gasteiger partial charge in [-0.2, -0.15) is 13.2 Å². The van der Waals surface area contributed by atoms with Crippen molar-refractivity contribution in [2.45, 2.75) is 19.2 Å². The van der Waals surface area contributed by atoms with Crippen molar-refractivity contribution < 1.29 is 32.5 Å². The Morgan fingerprint density at radius 2 is 1.96 bits per heavy atom. The molecule has 0 saturated heterocycles. The number of carboxylic acids is 1. The molecule has 0 saturated carbocycles. The molecule has 0 bridgehead atoms. The van der Waals surface area contributed by atoms with Crippen LogP contribution in [0.2, 0.25) is 5.02 Å². The molecule has 8 heteroatoms. The fourth-order valence-electron chi connectivity index (χ4n) is 2.50. The summed E-state index contributed by atoms with van der Waals surface area (Å²) in [5, 5.41) is 9.55. The van der Waals surface area contributed by atoms with Gasteiger partial charge < -0.3 is 14.6 Å². The highest BCUT2D eigenvalue weighted by atomic mass is 35.5. The topological polar surface area (TPSA) is 55.8 Å². The Hall–Kier alpha value is -2.67. The molecule has 1 atom stereocenters. The van der Waals surface area contributed by atoms with Crippen LogP contribution in [-0.4, -0.2) is 23.4 Å². The van der Waals surface area contributed by atoms with Crippen LogP contribution >= 0.6 is 11.6 Å². The Kier molecular flexibility index (Phi) is 4.58. The number of hydrogen-bond donors (Lipinski definition) is 1. The summed E-state index contributed by atoms with van der Waals surface area (Å²) in [4.78, 5) is 11.1. The summed E-state index contributed by atoms with van der Waals surface area (Å²) in [5.41, 5.74) is 0.104. The molecular formula is C18H12ClF3O4. The number of aryl methyl sites for hydroxylation is 1. The van der Waals surface area contributed by atoms with Gasteiger partial charge in [-0.25, -0.2) is 4.79 Å². The Labute approximate surface area is 151 Å². The number of fused-ring (bicyclic) bond motifs is 1. The molecule has 0 aliphatic carbocycles. The van der Waals surface area contributed by atoms with E-state index in [1.807, 2.05) is 0 Å². The number of carbonyl (C=O) groups is 1. The number of ether oxygens (including phenoxy) is 2. The number of hydrogen-bond acceptors (Lipinski definition) is 3. The molecule has 1 heterocycles. The first-order valence-electron chi connectivity index (χ1n) is 7.41. The van der Waals surface area contributed by atoms with Crippen LogP contribution in [0, 0.1) is 6.92 Å². The van der Waals surface area contributed by atoms with E-state index in [-0.39, 0.29) is 17.1 Å². The lowest BCUT2D eigenvalue weighted by Crippen LogP contribution is -2.40. The monoisotopic (exact) mass is 384 g/mol. The largest absolute Gasteiger partial charge is 0.478 e. The maximum absolute atomic E-state index is 13.1. The van der Waals surface area contributed by atoms with Crippen molar-refractivity contribution in [2.24, 2.45) is 0 Å². The average molecular weight is 385 g/mol. The maximum Gasteiger partial charge on any atom is 0.430 e. The quantitative estimate of drug-likeness (QED) is 0.787. The summed E-state index contributed by atoms with van der Waals surface area (Å²) in [6, 6.07) is 9.19. The molecule has 4 nitrogen and oxygen atoms in total. The SMILES string of the molecule is Cc1cc(Cl)ccc1Oc1ccc2c(c1)O[C@@H](C(F)(F)F)C(C(=O)O)=C2. The summed E-state index contributed by atoms with van der Waals surface area (Å²) >= 11 is 5.88. The van der Waals surface area contributed by atoms with Gasteiger partial charge in [-0.3, -0.25) is 0 Å². The van der Waals surface area contributed by atoms with Crippen LogP contribution in [-0.2, 0) is 4.79 Å². The second-order valence-electron chi connectivity index (χ2n) is 5.66. The van der Waals surface area contributed by atoms with E-state index < -0.39 is 23.8 Å². The van der Waals surface area contributed by atoms with Gasteiger partial charge in [0.1, 0.15) is 17.2 Å². The number of halogens is 4. The molecule has 0 fully saturated rings. The Balaban J connectivity index is 1.95. The number of alkyl halides is 3. The molecular weight excluding hydrogens is 373 g/mol. The lowest BCUT2D eigenvalue weighted by molar-refractivity contribution is -0.187. The van der Waals surface area contributed by atoms with Crippen LogP contribution in [0.3, 0.4) is 0 Å². The number of benzene rings is 2. The molecule has 0 unspecified atom stereocenters. The fourth-order valence-corrected chi connectivity index (χ4v) is 2.73. The predicted octanol–water partition coefficient (Wildman–Crippen LogP) is 5.23. The Morgan fingerprint density at radius 3 is 2.58 bits per heavy atom. The lowest BCUT2D eigenvalue weighted by atomic mass is 10.0. The first-order chi connectivity index (χ1) is 12.1. The van der Waals surface area contributed by atoms with Crippen LogP contribution in [0.25, 0.3) is 6.08 Å². The molecule has 0 aromatic heterocycles. The fraction of sp³-hybridized carbons (Fsp3) is 0.167. The first-order valence-corrected chi connectivity index (χ1v) is 7.79. The number of rotatable bonds is 3. The molecule has 2 aromatic carbocycles. The standard InChI is InChI=1S/C18H12ClF3O4/c1-9-6-11(19)3-5-14(9)25-12-4-2-10-7-13(17(23)24)16(18(20,21)22)26-15(10)8-12/h2-8,16H,1H3,(H,23,24)/t16-/m1/s1. The molecule has 0 spiro atoms. The van der Waals surface area contributed by atoms with E-state index >= 15 is 0 Å². The Bertz CT molecular complexity index is 906. The second kappa shape index (κ2) is 6.57. The van der Waals surface area contributed by atoms with Crippen molar-refractivity contribution >= 4 is 23.6 Å². The van der Waals surface area contributed by atoms with Gasteiger partial charge in [-0.15, -0.1) is 0 Å². The predicted molar refractivity (Wildman–Crippen MR) is 88.8 cm³/mol. The van der Waals surface area contributed by atoms with Crippen molar-refractivity contribution in [3.8, 4) is 17.2 Å². The highest BCUT2D eigenvalue weighted by Crippen LogP contribution is 2.39. The zero-order chi connectivity index (χ0) is 19.1. The van der Waals surface area contributed by atoms with Gasteiger partial charge in [0.05, 0.1) is 5.57 Å². The minimum absolute atomic E-state index is 0.110. The zero-order valence-corrected chi connectivity index (χ0v) is 14.1. The summed E-state index contributed by atoms with van der Waals surface area (Å²) < 4.78 is 49.9. The van der Waals surface area contributed by atoms with Crippen LogP contribution < -0.4 is 9.47 Å². The summed E-state index contributed by atoms with van der Waals surface area (Å²) in [5.74, 6) is -1.06. The molecule has 26 heavy (non-hydrogen) atoms. The molecule has 2 aromatic rings. The molecule has 1 N–H and O–H groups in total. The number of aliphatic carboxylic acids is 1. The third-order valence-electron chi connectivity index (χ3n) is 3.73. The van der Waals surface area contributed by atoms with Gasteiger partial charge in [-0.1, -0.05) is 11.6 Å². The summed E-state index contributed by atoms with van der Waals surface area (Å²) in [6.07, 6.45) is -6.44. The lowest BCUT2D eigenvalue weighted by Gasteiger charge is -2.27. The number of carboxylic acid groups (broad SMARTS) is 1. The minimum atomic E-state index is -4.86. The highest BCUT2D eigenvalue weighted by molar-refractivity contribution is 6.30. The summed E-state index contributed by atoms with van der Waals surface area (Å²) in [7, 11) is 0. The van der Waals surface area contributed by atoms with Gasteiger partial charge in [0.25, 0.3) is 0 Å². The third kappa shape index (κ3) is 3.62. The van der Waals surface area contributed by atoms with Crippen LogP contribution in [0.4, 0.5) is 13.2 Å². The van der Waals surface area contributed by atoms with Crippen molar-refractivity contribution in [2.75, 3.05) is 0 Å². The van der Waals surface area contributed by atoms with E-state index in [1.165, 1.54) is 18.2 Å². The molecule has 0 amide bonds. The van der Waals surface area contributed by atoms with Gasteiger partial charge in [-0.05, 0) is 48.9 Å². The van der Waals surface area contributed by atoms with Gasteiger partial charge in [0.2, 0.25) is 6.10 Å². The van der Waals surface area contributed by atoms with E-state index in [0.29, 0.717) is 10.8 Å². The normalized spacial score (nSPS) is 16.3.